The first-order chi connectivity index (χ1) is 9.25. The van der Waals surface area contributed by atoms with E-state index in [1.807, 2.05) is 18.2 Å². The molecule has 0 atom stereocenters. The van der Waals surface area contributed by atoms with Crippen LogP contribution in [0.5, 0.6) is 0 Å². The maximum Gasteiger partial charge on any atom is 0.328 e. The smallest absolute Gasteiger partial charge is 0.306 e. The normalized spacial score (nSPS) is 10.9. The number of nitrogens with zero attached hydrogens (tertiary/aromatic N) is 2. The standard InChI is InChI=1S/C13H11N3O2S/c17-12-11-10(5-8-19-11)15-13(18)16(12)7-4-9-3-1-2-6-14-9/h1-3,5-6,8H,4,7H2,(H,15,18). The molecule has 3 aromatic heterocycles. The molecule has 0 fully saturated rings. The summed E-state index contributed by atoms with van der Waals surface area (Å²) < 4.78 is 1.81. The molecular weight excluding hydrogens is 262 g/mol. The second-order valence-corrected chi connectivity index (χ2v) is 5.04. The predicted molar refractivity (Wildman–Crippen MR) is 74.6 cm³/mol. The van der Waals surface area contributed by atoms with Crippen LogP contribution in [-0.2, 0) is 13.0 Å². The number of nitrogens with one attached hydrogen (secondary N) is 1. The summed E-state index contributed by atoms with van der Waals surface area (Å²) in [5.74, 6) is 0. The number of thiophene rings is 1. The van der Waals surface area contributed by atoms with Crippen LogP contribution in [0.15, 0.2) is 45.4 Å². The monoisotopic (exact) mass is 273 g/mol. The van der Waals surface area contributed by atoms with Gasteiger partial charge in [-0.2, -0.15) is 0 Å². The Morgan fingerprint density at radius 3 is 2.95 bits per heavy atom. The Balaban J connectivity index is 1.97. The molecule has 3 heterocycles. The highest BCUT2D eigenvalue weighted by Crippen LogP contribution is 2.12. The van der Waals surface area contributed by atoms with E-state index in [1.165, 1.54) is 15.9 Å². The number of H-pyrrole nitrogens is 1. The zero-order valence-electron chi connectivity index (χ0n) is 10.00. The first-order valence-corrected chi connectivity index (χ1v) is 6.74. The lowest BCUT2D eigenvalue weighted by Gasteiger charge is -2.04. The largest absolute Gasteiger partial charge is 0.328 e. The van der Waals surface area contributed by atoms with E-state index in [9.17, 15) is 9.59 Å². The van der Waals surface area contributed by atoms with Crippen molar-refractivity contribution in [1.29, 1.82) is 0 Å². The molecule has 0 radical (unpaired) electrons. The van der Waals surface area contributed by atoms with Gasteiger partial charge in [0, 0.05) is 24.9 Å². The van der Waals surface area contributed by atoms with Crippen LogP contribution < -0.4 is 11.2 Å². The van der Waals surface area contributed by atoms with Crippen molar-refractivity contribution < 1.29 is 0 Å². The van der Waals surface area contributed by atoms with Crippen LogP contribution in [0.2, 0.25) is 0 Å². The van der Waals surface area contributed by atoms with Crippen LogP contribution in [0.3, 0.4) is 0 Å². The highest BCUT2D eigenvalue weighted by Gasteiger charge is 2.08. The van der Waals surface area contributed by atoms with Crippen molar-refractivity contribution in [3.8, 4) is 0 Å². The minimum absolute atomic E-state index is 0.232. The summed E-state index contributed by atoms with van der Waals surface area (Å²) in [6, 6.07) is 7.34. The molecule has 19 heavy (non-hydrogen) atoms. The molecule has 96 valence electrons. The minimum Gasteiger partial charge on any atom is -0.306 e. The van der Waals surface area contributed by atoms with E-state index in [1.54, 1.807) is 17.6 Å². The van der Waals surface area contributed by atoms with E-state index in [0.717, 1.165) is 5.69 Å². The van der Waals surface area contributed by atoms with Gasteiger partial charge in [0.1, 0.15) is 4.70 Å². The molecule has 3 aromatic rings. The van der Waals surface area contributed by atoms with Crippen molar-refractivity contribution in [2.75, 3.05) is 0 Å². The lowest BCUT2D eigenvalue weighted by molar-refractivity contribution is 0.630. The second kappa shape index (κ2) is 4.81. The summed E-state index contributed by atoms with van der Waals surface area (Å²) in [6.45, 7) is 0.332. The fourth-order valence-electron chi connectivity index (χ4n) is 1.95. The quantitative estimate of drug-likeness (QED) is 0.784. The van der Waals surface area contributed by atoms with Crippen LogP contribution in [0.25, 0.3) is 10.2 Å². The Hall–Kier alpha value is -2.21. The Labute approximate surface area is 112 Å². The third-order valence-electron chi connectivity index (χ3n) is 2.91. The van der Waals surface area contributed by atoms with Crippen molar-refractivity contribution in [2.24, 2.45) is 0 Å². The number of rotatable bonds is 3. The lowest BCUT2D eigenvalue weighted by atomic mass is 10.3. The average molecular weight is 273 g/mol. The third-order valence-corrected chi connectivity index (χ3v) is 3.81. The molecule has 0 aliphatic heterocycles. The Morgan fingerprint density at radius 2 is 2.16 bits per heavy atom. The Bertz CT molecular complexity index is 817. The van der Waals surface area contributed by atoms with Crippen molar-refractivity contribution in [1.82, 2.24) is 14.5 Å². The molecule has 3 rings (SSSR count). The van der Waals surface area contributed by atoms with Gasteiger partial charge in [-0.1, -0.05) is 6.07 Å². The fourth-order valence-corrected chi connectivity index (χ4v) is 2.74. The van der Waals surface area contributed by atoms with E-state index in [-0.39, 0.29) is 11.2 Å². The topological polar surface area (TPSA) is 67.8 Å². The molecule has 1 N–H and O–H groups in total. The summed E-state index contributed by atoms with van der Waals surface area (Å²) in [4.78, 5) is 30.9. The maximum atomic E-state index is 12.2. The fraction of sp³-hybridized carbons (Fsp3) is 0.154. The van der Waals surface area contributed by atoms with E-state index in [2.05, 4.69) is 9.97 Å². The van der Waals surface area contributed by atoms with Crippen molar-refractivity contribution >= 4 is 21.6 Å². The Morgan fingerprint density at radius 1 is 1.26 bits per heavy atom. The van der Waals surface area contributed by atoms with E-state index in [0.29, 0.717) is 23.2 Å². The third kappa shape index (κ3) is 2.22. The van der Waals surface area contributed by atoms with Gasteiger partial charge in [-0.3, -0.25) is 14.3 Å². The molecule has 0 unspecified atom stereocenters. The molecule has 0 bridgehead atoms. The highest BCUT2D eigenvalue weighted by atomic mass is 32.1. The van der Waals surface area contributed by atoms with Crippen LogP contribution in [0.1, 0.15) is 5.69 Å². The van der Waals surface area contributed by atoms with Gasteiger partial charge in [0.2, 0.25) is 0 Å². The van der Waals surface area contributed by atoms with Gasteiger partial charge in [-0.05, 0) is 23.6 Å². The van der Waals surface area contributed by atoms with Gasteiger partial charge in [0.15, 0.2) is 0 Å². The highest BCUT2D eigenvalue weighted by molar-refractivity contribution is 7.17. The molecule has 0 aliphatic rings. The molecule has 0 amide bonds. The lowest BCUT2D eigenvalue weighted by Crippen LogP contribution is -2.35. The maximum absolute atomic E-state index is 12.2. The zero-order chi connectivity index (χ0) is 13.2. The van der Waals surface area contributed by atoms with Gasteiger partial charge in [0.05, 0.1) is 5.52 Å². The molecule has 5 nitrogen and oxygen atoms in total. The second-order valence-electron chi connectivity index (χ2n) is 4.12. The number of hydrogen-bond acceptors (Lipinski definition) is 4. The number of pyridine rings is 1. The summed E-state index contributed by atoms with van der Waals surface area (Å²) in [6.07, 6.45) is 2.26. The zero-order valence-corrected chi connectivity index (χ0v) is 10.8. The molecule has 0 aromatic carbocycles. The van der Waals surface area contributed by atoms with Crippen molar-refractivity contribution in [3.63, 3.8) is 0 Å². The van der Waals surface area contributed by atoms with Crippen LogP contribution >= 0.6 is 11.3 Å². The van der Waals surface area contributed by atoms with E-state index >= 15 is 0 Å². The SMILES string of the molecule is O=c1[nH]c2ccsc2c(=O)n1CCc1ccccn1. The molecule has 0 aliphatic carbocycles. The molecular formula is C13H11N3O2S. The molecule has 0 saturated carbocycles. The average Bonchev–Trinajstić information content (AvgIpc) is 2.88. The van der Waals surface area contributed by atoms with Gasteiger partial charge >= 0.3 is 5.69 Å². The Kier molecular flexibility index (Phi) is 3.00. The molecule has 0 saturated heterocycles. The summed E-state index contributed by atoms with van der Waals surface area (Å²) >= 11 is 1.34. The van der Waals surface area contributed by atoms with Gasteiger partial charge in [-0.25, -0.2) is 4.79 Å². The number of hydrogen-bond donors (Lipinski definition) is 1. The summed E-state index contributed by atoms with van der Waals surface area (Å²) in [5, 5.41) is 1.80. The van der Waals surface area contributed by atoms with E-state index < -0.39 is 0 Å². The van der Waals surface area contributed by atoms with Crippen LogP contribution in [0.4, 0.5) is 0 Å². The first-order valence-electron chi connectivity index (χ1n) is 5.86. The van der Waals surface area contributed by atoms with Gasteiger partial charge in [0.25, 0.3) is 5.56 Å². The van der Waals surface area contributed by atoms with E-state index in [4.69, 9.17) is 0 Å². The predicted octanol–water partition coefficient (Wildman–Crippen LogP) is 1.39. The summed E-state index contributed by atoms with van der Waals surface area (Å²) in [7, 11) is 0. The van der Waals surface area contributed by atoms with Crippen molar-refractivity contribution in [3.05, 3.63) is 62.4 Å². The summed E-state index contributed by atoms with van der Waals surface area (Å²) in [5.41, 5.74) is 0.866. The molecule has 6 heteroatoms. The van der Waals surface area contributed by atoms with Gasteiger partial charge in [-0.15, -0.1) is 11.3 Å². The van der Waals surface area contributed by atoms with Crippen molar-refractivity contribution in [2.45, 2.75) is 13.0 Å². The number of aromatic amines is 1. The van der Waals surface area contributed by atoms with Crippen LogP contribution in [0, 0.1) is 0 Å². The number of aryl methyl sites for hydroxylation is 1. The number of aromatic nitrogens is 3. The first kappa shape index (κ1) is 11.9. The number of fused-ring (bicyclic) bond motifs is 1. The van der Waals surface area contributed by atoms with Crippen LogP contribution in [-0.4, -0.2) is 14.5 Å². The van der Waals surface area contributed by atoms with Gasteiger partial charge < -0.3 is 4.98 Å². The minimum atomic E-state index is -0.369. The molecule has 0 spiro atoms.